The highest BCUT2D eigenvalue weighted by atomic mass is 35.5. The highest BCUT2D eigenvalue weighted by molar-refractivity contribution is 6.31. The van der Waals surface area contributed by atoms with E-state index >= 15 is 0 Å². The summed E-state index contributed by atoms with van der Waals surface area (Å²) in [6.45, 7) is 11.6. The van der Waals surface area contributed by atoms with Crippen LogP contribution in [0.15, 0.2) is 42.5 Å². The van der Waals surface area contributed by atoms with Crippen molar-refractivity contribution in [3.63, 3.8) is 0 Å². The first kappa shape index (κ1) is 29.8. The molecule has 1 saturated heterocycles. The Morgan fingerprint density at radius 1 is 1.07 bits per heavy atom. The molecule has 1 aliphatic heterocycles. The summed E-state index contributed by atoms with van der Waals surface area (Å²) in [5, 5.41) is 6.05. The molecule has 9 heteroatoms. The zero-order chi connectivity index (χ0) is 29.4. The molecule has 1 heterocycles. The molecule has 7 nitrogen and oxygen atoms in total. The predicted octanol–water partition coefficient (Wildman–Crippen LogP) is 6.06. The summed E-state index contributed by atoms with van der Waals surface area (Å²) >= 11 is 5.99. The van der Waals surface area contributed by atoms with Gasteiger partial charge in [-0.25, -0.2) is 9.18 Å². The van der Waals surface area contributed by atoms with Crippen molar-refractivity contribution in [2.24, 2.45) is 11.3 Å². The highest BCUT2D eigenvalue weighted by Gasteiger charge is 2.64. The van der Waals surface area contributed by atoms with E-state index in [-0.39, 0.29) is 28.4 Å². The summed E-state index contributed by atoms with van der Waals surface area (Å²) in [7, 11) is 2.15. The quantitative estimate of drug-likeness (QED) is 0.397. The van der Waals surface area contributed by atoms with Crippen LogP contribution in [0.25, 0.3) is 0 Å². The van der Waals surface area contributed by atoms with Gasteiger partial charge in [0.1, 0.15) is 5.82 Å². The Bertz CT molecular complexity index is 1270. The normalized spacial score (nSPS) is 24.5. The first-order valence-corrected chi connectivity index (χ1v) is 15.2. The third-order valence-electron chi connectivity index (χ3n) is 9.16. The Morgan fingerprint density at radius 2 is 1.80 bits per heavy atom. The van der Waals surface area contributed by atoms with Crippen molar-refractivity contribution in [1.29, 1.82) is 0 Å². The molecule has 0 radical (unpaired) electrons. The molecule has 3 aliphatic rings. The van der Waals surface area contributed by atoms with Crippen molar-refractivity contribution in [3.8, 4) is 0 Å². The number of urea groups is 1. The van der Waals surface area contributed by atoms with E-state index in [0.717, 1.165) is 64.1 Å². The van der Waals surface area contributed by atoms with E-state index in [1.54, 1.807) is 6.07 Å². The number of likely N-dealkylation sites (N-methyl/N-ethyl adjacent to an activating group) is 1. The molecular formula is C32H43ClFN5O2. The van der Waals surface area contributed by atoms with Crippen LogP contribution in [0.5, 0.6) is 0 Å². The van der Waals surface area contributed by atoms with Gasteiger partial charge < -0.3 is 25.3 Å². The van der Waals surface area contributed by atoms with Crippen LogP contribution in [-0.2, 0) is 10.2 Å². The number of nitrogens with one attached hydrogen (secondary N) is 2. The van der Waals surface area contributed by atoms with Gasteiger partial charge in [0.2, 0.25) is 5.91 Å². The van der Waals surface area contributed by atoms with Crippen molar-refractivity contribution in [1.82, 2.24) is 14.7 Å². The molecular weight excluding hydrogens is 541 g/mol. The molecule has 0 bridgehead atoms. The smallest absolute Gasteiger partial charge is 0.322 e. The van der Waals surface area contributed by atoms with Gasteiger partial charge in [0.15, 0.2) is 0 Å². The largest absolute Gasteiger partial charge is 0.326 e. The minimum Gasteiger partial charge on any atom is -0.326 e. The summed E-state index contributed by atoms with van der Waals surface area (Å²) < 4.78 is 13.7. The second-order valence-corrected chi connectivity index (χ2v) is 13.5. The van der Waals surface area contributed by atoms with Crippen LogP contribution in [0.1, 0.15) is 52.0 Å². The van der Waals surface area contributed by atoms with Gasteiger partial charge in [0.05, 0.1) is 5.02 Å². The lowest BCUT2D eigenvalue weighted by molar-refractivity contribution is -0.123. The summed E-state index contributed by atoms with van der Waals surface area (Å²) in [5.41, 5.74) is 2.11. The average molecular weight is 584 g/mol. The number of carbonyl (C=O) groups excluding carboxylic acids is 2. The van der Waals surface area contributed by atoms with Gasteiger partial charge in [-0.05, 0) is 81.1 Å². The maximum absolute atomic E-state index is 13.7. The fourth-order valence-corrected chi connectivity index (χ4v) is 6.71. The molecule has 2 aromatic rings. The summed E-state index contributed by atoms with van der Waals surface area (Å²) in [6.07, 6.45) is 3.85. The van der Waals surface area contributed by atoms with Crippen LogP contribution < -0.4 is 10.6 Å². The molecule has 2 aromatic carbocycles. The molecule has 3 amide bonds. The molecule has 2 N–H and O–H groups in total. The predicted molar refractivity (Wildman–Crippen MR) is 163 cm³/mol. The fraction of sp³-hybridized carbons (Fsp3) is 0.562. The van der Waals surface area contributed by atoms with Crippen LogP contribution in [0.4, 0.5) is 20.6 Å². The van der Waals surface area contributed by atoms with E-state index in [0.29, 0.717) is 18.2 Å². The van der Waals surface area contributed by atoms with E-state index in [4.69, 9.17) is 11.6 Å². The maximum Gasteiger partial charge on any atom is 0.322 e. The number of hydrogen-bond donors (Lipinski definition) is 2. The van der Waals surface area contributed by atoms with Crippen LogP contribution >= 0.6 is 11.6 Å². The number of hydrogen-bond acceptors (Lipinski definition) is 4. The topological polar surface area (TPSA) is 67.9 Å². The molecule has 2 saturated carbocycles. The number of nitrogens with zero attached hydrogens (tertiary/aromatic N) is 3. The molecule has 2 aliphatic carbocycles. The molecule has 222 valence electrons. The second-order valence-electron chi connectivity index (χ2n) is 13.1. The standard InChI is InChI=1S/C32H43ClFN5O2/c1-31(2,3)29(40)35-23-8-5-7-22(19-23)32-12-11-28(25(32)21-32)39(14-6-13-38-17-15-37(4)16-18-38)30(41)36-24-9-10-27(34)26(33)20-24/h5,7-10,19-20,25,28H,6,11-18,21H2,1-4H3,(H,35,40)(H,36,41)/t25-,28-,32-/m1/s1. The third kappa shape index (κ3) is 6.71. The van der Waals surface area contributed by atoms with E-state index in [2.05, 4.69) is 39.6 Å². The molecule has 41 heavy (non-hydrogen) atoms. The van der Waals surface area contributed by atoms with E-state index in [9.17, 15) is 14.0 Å². The lowest BCUT2D eigenvalue weighted by Gasteiger charge is -2.34. The number of rotatable bonds is 8. The third-order valence-corrected chi connectivity index (χ3v) is 9.45. The Balaban J connectivity index is 1.30. The van der Waals surface area contributed by atoms with Crippen molar-refractivity contribution >= 4 is 34.9 Å². The van der Waals surface area contributed by atoms with E-state index < -0.39 is 11.2 Å². The number of benzene rings is 2. The van der Waals surface area contributed by atoms with Crippen molar-refractivity contribution in [3.05, 3.63) is 58.9 Å². The van der Waals surface area contributed by atoms with Crippen LogP contribution in [0.2, 0.25) is 5.02 Å². The Morgan fingerprint density at radius 3 is 2.49 bits per heavy atom. The average Bonchev–Trinajstić information content (AvgIpc) is 3.55. The number of amides is 3. The zero-order valence-electron chi connectivity index (χ0n) is 24.7. The number of carbonyl (C=O) groups is 2. The minimum atomic E-state index is -0.506. The minimum absolute atomic E-state index is 0.00658. The number of anilines is 2. The Kier molecular flexibility index (Phi) is 8.65. The zero-order valence-corrected chi connectivity index (χ0v) is 25.4. The van der Waals surface area contributed by atoms with Crippen LogP contribution in [0, 0.1) is 17.2 Å². The van der Waals surface area contributed by atoms with Gasteiger partial charge in [-0.15, -0.1) is 0 Å². The highest BCUT2D eigenvalue weighted by Crippen LogP contribution is 2.65. The lowest BCUT2D eigenvalue weighted by atomic mass is 9.92. The molecule has 5 rings (SSSR count). The SMILES string of the molecule is CN1CCN(CCCN(C(=O)Nc2ccc(F)c(Cl)c2)[C@@H]2CC[C@]3(c4cccc(NC(=O)C(C)(C)C)c4)C[C@H]23)CC1. The maximum atomic E-state index is 13.7. The molecule has 3 fully saturated rings. The summed E-state index contributed by atoms with van der Waals surface area (Å²) in [6, 6.07) is 12.5. The van der Waals surface area contributed by atoms with E-state index in [1.165, 1.54) is 17.7 Å². The molecule has 3 atom stereocenters. The van der Waals surface area contributed by atoms with Gasteiger partial charge >= 0.3 is 6.03 Å². The Hall–Kier alpha value is -2.68. The molecule has 0 unspecified atom stereocenters. The molecule has 0 aromatic heterocycles. The van der Waals surface area contributed by atoms with Gasteiger partial charge in [0.25, 0.3) is 0 Å². The fourth-order valence-electron chi connectivity index (χ4n) is 6.53. The second kappa shape index (κ2) is 11.9. The van der Waals surface area contributed by atoms with Crippen molar-refractivity contribution < 1.29 is 14.0 Å². The van der Waals surface area contributed by atoms with E-state index in [1.807, 2.05) is 37.8 Å². The van der Waals surface area contributed by atoms with Gasteiger partial charge in [0, 0.05) is 61.0 Å². The van der Waals surface area contributed by atoms with Crippen LogP contribution in [-0.4, -0.2) is 79.0 Å². The number of fused-ring (bicyclic) bond motifs is 1. The van der Waals surface area contributed by atoms with Crippen molar-refractivity contribution in [2.75, 3.05) is 56.9 Å². The first-order valence-electron chi connectivity index (χ1n) is 14.8. The number of halogens is 2. The Labute approximate surface area is 248 Å². The van der Waals surface area contributed by atoms with Gasteiger partial charge in [-0.1, -0.05) is 44.5 Å². The molecule has 0 spiro atoms. The van der Waals surface area contributed by atoms with Gasteiger partial charge in [-0.2, -0.15) is 0 Å². The van der Waals surface area contributed by atoms with Crippen molar-refractivity contribution in [2.45, 2.75) is 57.9 Å². The summed E-state index contributed by atoms with van der Waals surface area (Å²) in [5.74, 6) is -0.150. The first-order chi connectivity index (χ1) is 19.5. The lowest BCUT2D eigenvalue weighted by Crippen LogP contribution is -2.47. The number of piperazine rings is 1. The van der Waals surface area contributed by atoms with Crippen LogP contribution in [0.3, 0.4) is 0 Å². The monoisotopic (exact) mass is 583 g/mol. The summed E-state index contributed by atoms with van der Waals surface area (Å²) in [4.78, 5) is 33.1. The van der Waals surface area contributed by atoms with Gasteiger partial charge in [-0.3, -0.25) is 4.79 Å².